The highest BCUT2D eigenvalue weighted by Crippen LogP contribution is 2.12. The summed E-state index contributed by atoms with van der Waals surface area (Å²) in [6, 6.07) is 0. The molecule has 0 aliphatic rings. The van der Waals surface area contributed by atoms with E-state index in [-0.39, 0.29) is 5.91 Å². The van der Waals surface area contributed by atoms with Crippen molar-refractivity contribution in [3.63, 3.8) is 0 Å². The first-order chi connectivity index (χ1) is 20.7. The quantitative estimate of drug-likeness (QED) is 0.0601. The molecular formula is C39H73NO2. The summed E-state index contributed by atoms with van der Waals surface area (Å²) >= 11 is 0. The molecule has 0 rings (SSSR count). The molecule has 0 atom stereocenters. The Morgan fingerprint density at radius 1 is 0.405 bits per heavy atom. The van der Waals surface area contributed by atoms with Gasteiger partial charge in [0.15, 0.2) is 0 Å². The van der Waals surface area contributed by atoms with Crippen molar-refractivity contribution in [3.05, 3.63) is 24.3 Å². The second-order valence-corrected chi connectivity index (χ2v) is 12.7. The van der Waals surface area contributed by atoms with Gasteiger partial charge in [0.1, 0.15) is 5.78 Å². The van der Waals surface area contributed by atoms with Crippen molar-refractivity contribution < 1.29 is 9.59 Å². The van der Waals surface area contributed by atoms with E-state index < -0.39 is 0 Å². The van der Waals surface area contributed by atoms with Gasteiger partial charge < -0.3 is 5.32 Å². The molecule has 0 aromatic rings. The predicted molar refractivity (Wildman–Crippen MR) is 186 cm³/mol. The van der Waals surface area contributed by atoms with E-state index in [0.717, 1.165) is 25.7 Å². The Morgan fingerprint density at radius 2 is 0.738 bits per heavy atom. The average Bonchev–Trinajstić information content (AvgIpc) is 2.99. The van der Waals surface area contributed by atoms with Crippen LogP contribution in [0.2, 0.25) is 0 Å². The summed E-state index contributed by atoms with van der Waals surface area (Å²) in [7, 11) is 0. The van der Waals surface area contributed by atoms with Crippen LogP contribution in [0.5, 0.6) is 0 Å². The van der Waals surface area contributed by atoms with Gasteiger partial charge in [-0.3, -0.25) is 9.59 Å². The zero-order valence-corrected chi connectivity index (χ0v) is 28.5. The monoisotopic (exact) mass is 588 g/mol. The smallest absolute Gasteiger partial charge is 0.219 e. The number of amides is 1. The van der Waals surface area contributed by atoms with Crippen LogP contribution in [-0.2, 0) is 9.59 Å². The van der Waals surface area contributed by atoms with E-state index in [1.807, 2.05) is 0 Å². The van der Waals surface area contributed by atoms with Crippen LogP contribution >= 0.6 is 0 Å². The molecule has 0 saturated carbocycles. The van der Waals surface area contributed by atoms with Gasteiger partial charge in [0.25, 0.3) is 0 Å². The topological polar surface area (TPSA) is 46.2 Å². The molecule has 0 aromatic carbocycles. The summed E-state index contributed by atoms with van der Waals surface area (Å²) in [6.45, 7) is 5.18. The molecule has 0 aromatic heterocycles. The lowest BCUT2D eigenvalue weighted by Crippen LogP contribution is -2.24. The number of carbonyl (C=O) groups excluding carboxylic acids is 2. The van der Waals surface area contributed by atoms with E-state index in [0.29, 0.717) is 31.6 Å². The maximum atomic E-state index is 12.1. The van der Waals surface area contributed by atoms with Crippen molar-refractivity contribution in [1.82, 2.24) is 5.32 Å². The molecule has 0 spiro atoms. The predicted octanol–water partition coefficient (Wildman–Crippen LogP) is 12.5. The maximum Gasteiger partial charge on any atom is 0.219 e. The summed E-state index contributed by atoms with van der Waals surface area (Å²) in [5.74, 6) is 0.511. The molecule has 1 N–H and O–H groups in total. The molecule has 246 valence electrons. The highest BCUT2D eigenvalue weighted by Gasteiger charge is 2.04. The van der Waals surface area contributed by atoms with Crippen molar-refractivity contribution in [3.8, 4) is 0 Å². The SMILES string of the molecule is CCCCCCCC/C=C\CCCCCCCC(=O)CCCNC(=O)CCCCCCC/C=C\CCCCCCCC. The number of ketones is 1. The molecule has 3 heteroatoms. The van der Waals surface area contributed by atoms with Crippen LogP contribution in [-0.4, -0.2) is 18.2 Å². The molecule has 0 saturated heterocycles. The normalized spacial score (nSPS) is 11.7. The third kappa shape index (κ3) is 34.8. The van der Waals surface area contributed by atoms with E-state index in [1.54, 1.807) is 0 Å². The fraction of sp³-hybridized carbons (Fsp3) is 0.846. The summed E-state index contributed by atoms with van der Waals surface area (Å²) in [5.41, 5.74) is 0. The summed E-state index contributed by atoms with van der Waals surface area (Å²) < 4.78 is 0. The van der Waals surface area contributed by atoms with Crippen LogP contribution < -0.4 is 5.32 Å². The van der Waals surface area contributed by atoms with Crippen LogP contribution in [0.1, 0.15) is 206 Å². The second kappa shape index (κ2) is 35.8. The minimum Gasteiger partial charge on any atom is -0.356 e. The number of carbonyl (C=O) groups is 2. The molecule has 3 nitrogen and oxygen atoms in total. The molecule has 0 bridgehead atoms. The van der Waals surface area contributed by atoms with Crippen LogP contribution in [0.25, 0.3) is 0 Å². The number of Topliss-reactive ketones (excluding diaryl/α,β-unsaturated/α-hetero) is 1. The number of hydrogen-bond donors (Lipinski definition) is 1. The maximum absolute atomic E-state index is 12.1. The van der Waals surface area contributed by atoms with Crippen LogP contribution in [0.15, 0.2) is 24.3 Å². The number of allylic oxidation sites excluding steroid dienone is 4. The number of hydrogen-bond acceptors (Lipinski definition) is 2. The first-order valence-electron chi connectivity index (χ1n) is 18.8. The Labute approximate surface area is 263 Å². The third-order valence-electron chi connectivity index (χ3n) is 8.34. The molecule has 42 heavy (non-hydrogen) atoms. The standard InChI is InChI=1S/C39H73NO2/c1-3-5-7-9-11-13-15-17-19-21-23-25-27-29-31-34-38(41)35-33-37-40-39(42)36-32-30-28-26-24-22-20-18-16-14-12-10-8-6-4-2/h17-20H,3-16,21-37H2,1-2H3,(H,40,42)/b19-17-,20-18-. The minimum atomic E-state index is 0.150. The molecule has 0 heterocycles. The fourth-order valence-electron chi connectivity index (χ4n) is 5.48. The largest absolute Gasteiger partial charge is 0.356 e. The Balaban J connectivity index is 3.34. The first-order valence-corrected chi connectivity index (χ1v) is 18.8. The minimum absolute atomic E-state index is 0.150. The van der Waals surface area contributed by atoms with Gasteiger partial charge in [0.05, 0.1) is 0 Å². The Morgan fingerprint density at radius 3 is 1.17 bits per heavy atom. The fourth-order valence-corrected chi connectivity index (χ4v) is 5.48. The summed E-state index contributed by atoms with van der Waals surface area (Å²) in [4.78, 5) is 24.2. The van der Waals surface area contributed by atoms with Crippen molar-refractivity contribution in [2.45, 2.75) is 206 Å². The summed E-state index contributed by atoms with van der Waals surface area (Å²) in [6.07, 6.45) is 45.5. The molecular weight excluding hydrogens is 514 g/mol. The molecule has 0 aliphatic carbocycles. The van der Waals surface area contributed by atoms with Gasteiger partial charge >= 0.3 is 0 Å². The van der Waals surface area contributed by atoms with Gasteiger partial charge in [-0.2, -0.15) is 0 Å². The van der Waals surface area contributed by atoms with Gasteiger partial charge in [-0.25, -0.2) is 0 Å². The van der Waals surface area contributed by atoms with E-state index >= 15 is 0 Å². The van der Waals surface area contributed by atoms with E-state index in [2.05, 4.69) is 43.5 Å². The lowest BCUT2D eigenvalue weighted by Gasteiger charge is -2.05. The lowest BCUT2D eigenvalue weighted by molar-refractivity contribution is -0.122. The first kappa shape index (κ1) is 40.6. The number of nitrogens with one attached hydrogen (secondary N) is 1. The zero-order valence-electron chi connectivity index (χ0n) is 28.5. The van der Waals surface area contributed by atoms with Crippen LogP contribution in [0.4, 0.5) is 0 Å². The van der Waals surface area contributed by atoms with E-state index in [1.165, 1.54) is 148 Å². The van der Waals surface area contributed by atoms with Crippen molar-refractivity contribution in [2.24, 2.45) is 0 Å². The average molecular weight is 588 g/mol. The zero-order chi connectivity index (χ0) is 30.6. The van der Waals surface area contributed by atoms with Crippen molar-refractivity contribution in [2.75, 3.05) is 6.54 Å². The van der Waals surface area contributed by atoms with Crippen molar-refractivity contribution in [1.29, 1.82) is 0 Å². The number of unbranched alkanes of at least 4 members (excludes halogenated alkanes) is 22. The Bertz CT molecular complexity index is 570. The second-order valence-electron chi connectivity index (χ2n) is 12.7. The Hall–Kier alpha value is -1.38. The van der Waals surface area contributed by atoms with Gasteiger partial charge in [-0.1, -0.05) is 141 Å². The van der Waals surface area contributed by atoms with Gasteiger partial charge in [0, 0.05) is 25.8 Å². The number of rotatable bonds is 34. The highest BCUT2D eigenvalue weighted by atomic mass is 16.1. The molecule has 0 fully saturated rings. The third-order valence-corrected chi connectivity index (χ3v) is 8.34. The van der Waals surface area contributed by atoms with Crippen molar-refractivity contribution >= 4 is 11.7 Å². The molecule has 0 unspecified atom stereocenters. The molecule has 0 aliphatic heterocycles. The molecule has 1 amide bonds. The van der Waals surface area contributed by atoms with Gasteiger partial charge in [-0.05, 0) is 70.6 Å². The Kier molecular flexibility index (Phi) is 34.6. The summed E-state index contributed by atoms with van der Waals surface area (Å²) in [5, 5.41) is 3.00. The van der Waals surface area contributed by atoms with E-state index in [4.69, 9.17) is 0 Å². The van der Waals surface area contributed by atoms with Gasteiger partial charge in [-0.15, -0.1) is 0 Å². The van der Waals surface area contributed by atoms with Crippen LogP contribution in [0.3, 0.4) is 0 Å². The van der Waals surface area contributed by atoms with E-state index in [9.17, 15) is 9.59 Å². The highest BCUT2D eigenvalue weighted by molar-refractivity contribution is 5.78. The molecule has 0 radical (unpaired) electrons. The van der Waals surface area contributed by atoms with Gasteiger partial charge in [0.2, 0.25) is 5.91 Å². The van der Waals surface area contributed by atoms with Crippen LogP contribution in [0, 0.1) is 0 Å². The lowest BCUT2D eigenvalue weighted by atomic mass is 10.0.